The number of thiazole rings is 1. The number of nitrogens with zero attached hydrogens (tertiary/aromatic N) is 2. The van der Waals surface area contributed by atoms with E-state index in [4.69, 9.17) is 0 Å². The molecular weight excluding hydrogens is 351 g/mol. The first-order valence-electron chi connectivity index (χ1n) is 6.59. The molecular formula is C16H14BrFN2S. The molecule has 0 fully saturated rings. The molecule has 0 radical (unpaired) electrons. The van der Waals surface area contributed by atoms with Crippen LogP contribution >= 0.6 is 27.3 Å². The van der Waals surface area contributed by atoms with Crippen LogP contribution in [0.15, 0.2) is 46.9 Å². The molecule has 0 aliphatic heterocycles. The summed E-state index contributed by atoms with van der Waals surface area (Å²) in [5, 5.41) is 1.09. The third-order valence-corrected chi connectivity index (χ3v) is 4.96. The van der Waals surface area contributed by atoms with Crippen molar-refractivity contribution in [2.24, 2.45) is 0 Å². The van der Waals surface area contributed by atoms with Gasteiger partial charge >= 0.3 is 0 Å². The van der Waals surface area contributed by atoms with Crippen LogP contribution in [0.25, 0.3) is 10.2 Å². The van der Waals surface area contributed by atoms with Crippen molar-refractivity contribution in [2.45, 2.75) is 13.1 Å². The zero-order valence-electron chi connectivity index (χ0n) is 11.5. The molecule has 0 saturated heterocycles. The number of aromatic nitrogens is 1. The minimum atomic E-state index is -0.223. The molecule has 3 rings (SSSR count). The Kier molecular flexibility index (Phi) is 4.33. The van der Waals surface area contributed by atoms with E-state index in [0.29, 0.717) is 0 Å². The molecule has 0 saturated carbocycles. The highest BCUT2D eigenvalue weighted by Crippen LogP contribution is 2.24. The van der Waals surface area contributed by atoms with Gasteiger partial charge in [-0.05, 0) is 36.9 Å². The molecule has 0 spiro atoms. The van der Waals surface area contributed by atoms with Gasteiger partial charge in [0.1, 0.15) is 10.8 Å². The number of rotatable bonds is 4. The lowest BCUT2D eigenvalue weighted by Crippen LogP contribution is -2.17. The van der Waals surface area contributed by atoms with E-state index >= 15 is 0 Å². The third-order valence-electron chi connectivity index (χ3n) is 3.20. The third kappa shape index (κ3) is 3.48. The van der Waals surface area contributed by atoms with Gasteiger partial charge in [0.15, 0.2) is 0 Å². The SMILES string of the molecule is CN(Cc1nc2ccccc2s1)Cc1ccc(F)cc1Br. The zero-order valence-corrected chi connectivity index (χ0v) is 13.9. The van der Waals surface area contributed by atoms with Gasteiger partial charge in [0, 0.05) is 11.0 Å². The van der Waals surface area contributed by atoms with E-state index in [1.54, 1.807) is 11.3 Å². The van der Waals surface area contributed by atoms with Gasteiger partial charge < -0.3 is 0 Å². The lowest BCUT2D eigenvalue weighted by Gasteiger charge is -2.16. The minimum absolute atomic E-state index is 0.223. The summed E-state index contributed by atoms with van der Waals surface area (Å²) < 4.78 is 15.1. The van der Waals surface area contributed by atoms with Crippen molar-refractivity contribution in [1.82, 2.24) is 9.88 Å². The van der Waals surface area contributed by atoms with Crippen molar-refractivity contribution < 1.29 is 4.39 Å². The van der Waals surface area contributed by atoms with Crippen LogP contribution in [-0.2, 0) is 13.1 Å². The topological polar surface area (TPSA) is 16.1 Å². The quantitative estimate of drug-likeness (QED) is 0.658. The molecule has 0 unspecified atom stereocenters. The molecule has 0 bridgehead atoms. The fourth-order valence-electron chi connectivity index (χ4n) is 2.22. The van der Waals surface area contributed by atoms with E-state index < -0.39 is 0 Å². The van der Waals surface area contributed by atoms with Crippen LogP contribution in [-0.4, -0.2) is 16.9 Å². The molecule has 0 atom stereocenters. The number of fused-ring (bicyclic) bond motifs is 1. The second kappa shape index (κ2) is 6.22. The van der Waals surface area contributed by atoms with Crippen molar-refractivity contribution in [3.8, 4) is 0 Å². The Morgan fingerprint density at radius 2 is 2.00 bits per heavy atom. The lowest BCUT2D eigenvalue weighted by atomic mass is 10.2. The van der Waals surface area contributed by atoms with Crippen molar-refractivity contribution in [3.05, 3.63) is 63.3 Å². The van der Waals surface area contributed by atoms with Crippen LogP contribution < -0.4 is 0 Å². The number of halogens is 2. The summed E-state index contributed by atoms with van der Waals surface area (Å²) in [4.78, 5) is 6.81. The Bertz CT molecular complexity index is 739. The first-order chi connectivity index (χ1) is 10.1. The molecule has 2 nitrogen and oxygen atoms in total. The van der Waals surface area contributed by atoms with E-state index in [1.807, 2.05) is 31.3 Å². The van der Waals surface area contributed by atoms with Crippen LogP contribution in [0.4, 0.5) is 4.39 Å². The number of benzene rings is 2. The summed E-state index contributed by atoms with van der Waals surface area (Å²) in [6.07, 6.45) is 0. The van der Waals surface area contributed by atoms with Gasteiger partial charge in [0.2, 0.25) is 0 Å². The molecule has 0 N–H and O–H groups in total. The molecule has 2 aromatic carbocycles. The summed E-state index contributed by atoms with van der Waals surface area (Å²) in [5.41, 5.74) is 2.12. The van der Waals surface area contributed by atoms with Crippen molar-refractivity contribution >= 4 is 37.5 Å². The molecule has 108 valence electrons. The van der Waals surface area contributed by atoms with Crippen LogP contribution in [0.3, 0.4) is 0 Å². The highest BCUT2D eigenvalue weighted by molar-refractivity contribution is 9.10. The van der Waals surface area contributed by atoms with Crippen molar-refractivity contribution in [3.63, 3.8) is 0 Å². The minimum Gasteiger partial charge on any atom is -0.295 e. The lowest BCUT2D eigenvalue weighted by molar-refractivity contribution is 0.318. The van der Waals surface area contributed by atoms with Crippen molar-refractivity contribution in [2.75, 3.05) is 7.05 Å². The Labute approximate surface area is 135 Å². The van der Waals surface area contributed by atoms with E-state index in [0.717, 1.165) is 33.7 Å². The Hall–Kier alpha value is -1.30. The average molecular weight is 365 g/mol. The van der Waals surface area contributed by atoms with E-state index in [9.17, 15) is 4.39 Å². The van der Waals surface area contributed by atoms with Crippen LogP contribution in [0.5, 0.6) is 0 Å². The smallest absolute Gasteiger partial charge is 0.124 e. The molecule has 0 aliphatic rings. The molecule has 21 heavy (non-hydrogen) atoms. The first-order valence-corrected chi connectivity index (χ1v) is 8.20. The zero-order chi connectivity index (χ0) is 14.8. The fraction of sp³-hybridized carbons (Fsp3) is 0.188. The Morgan fingerprint density at radius 3 is 2.76 bits per heavy atom. The second-order valence-corrected chi connectivity index (χ2v) is 6.95. The number of hydrogen-bond acceptors (Lipinski definition) is 3. The highest BCUT2D eigenvalue weighted by atomic mass is 79.9. The van der Waals surface area contributed by atoms with Gasteiger partial charge in [-0.15, -0.1) is 11.3 Å². The maximum atomic E-state index is 13.1. The average Bonchev–Trinajstić information content (AvgIpc) is 2.84. The van der Waals surface area contributed by atoms with Crippen molar-refractivity contribution in [1.29, 1.82) is 0 Å². The van der Waals surface area contributed by atoms with Gasteiger partial charge in [0.05, 0.1) is 16.8 Å². The maximum absolute atomic E-state index is 13.1. The Balaban J connectivity index is 1.72. The van der Waals surface area contributed by atoms with Gasteiger partial charge in [-0.25, -0.2) is 9.37 Å². The number of hydrogen-bond donors (Lipinski definition) is 0. The molecule has 0 amide bonds. The molecule has 0 aliphatic carbocycles. The van der Waals surface area contributed by atoms with E-state index in [2.05, 4.69) is 31.9 Å². The first kappa shape index (κ1) is 14.6. The predicted molar refractivity (Wildman–Crippen MR) is 88.9 cm³/mol. The molecule has 3 aromatic rings. The van der Waals surface area contributed by atoms with E-state index in [1.165, 1.54) is 16.8 Å². The monoisotopic (exact) mass is 364 g/mol. The van der Waals surface area contributed by atoms with Gasteiger partial charge in [0.25, 0.3) is 0 Å². The van der Waals surface area contributed by atoms with Crippen LogP contribution in [0.2, 0.25) is 0 Å². The van der Waals surface area contributed by atoms with Crippen LogP contribution in [0.1, 0.15) is 10.6 Å². The summed E-state index contributed by atoms with van der Waals surface area (Å²) in [6, 6.07) is 13.0. The normalized spacial score (nSPS) is 11.4. The fourth-order valence-corrected chi connectivity index (χ4v) is 3.74. The Morgan fingerprint density at radius 1 is 1.19 bits per heavy atom. The maximum Gasteiger partial charge on any atom is 0.124 e. The molecule has 1 heterocycles. The highest BCUT2D eigenvalue weighted by Gasteiger charge is 2.09. The van der Waals surface area contributed by atoms with Crippen LogP contribution in [0, 0.1) is 5.82 Å². The van der Waals surface area contributed by atoms with Gasteiger partial charge in [-0.1, -0.05) is 34.1 Å². The summed E-state index contributed by atoms with van der Waals surface area (Å²) in [6.45, 7) is 1.53. The summed E-state index contributed by atoms with van der Waals surface area (Å²) >= 11 is 5.13. The predicted octanol–water partition coefficient (Wildman–Crippen LogP) is 4.83. The largest absolute Gasteiger partial charge is 0.295 e. The molecule has 5 heteroatoms. The standard InChI is InChI=1S/C16H14BrFN2S/c1-20(9-11-6-7-12(18)8-13(11)17)10-16-19-14-4-2-3-5-15(14)21-16/h2-8H,9-10H2,1H3. The van der Waals surface area contributed by atoms with Gasteiger partial charge in [-0.2, -0.15) is 0 Å². The molecule has 1 aromatic heterocycles. The number of para-hydroxylation sites is 1. The summed E-state index contributed by atoms with van der Waals surface area (Å²) in [5.74, 6) is -0.223. The second-order valence-electron chi connectivity index (χ2n) is 4.98. The summed E-state index contributed by atoms with van der Waals surface area (Å²) in [7, 11) is 2.04. The van der Waals surface area contributed by atoms with Gasteiger partial charge in [-0.3, -0.25) is 4.90 Å². The van der Waals surface area contributed by atoms with E-state index in [-0.39, 0.29) is 5.82 Å².